The lowest BCUT2D eigenvalue weighted by atomic mass is 9.93. The number of halogens is 1. The fraction of sp³-hybridized carbons (Fsp3) is 0.478. The van der Waals surface area contributed by atoms with E-state index in [1.165, 1.54) is 49.0 Å². The van der Waals surface area contributed by atoms with E-state index in [4.69, 9.17) is 11.6 Å². The van der Waals surface area contributed by atoms with Gasteiger partial charge in [-0.3, -0.25) is 4.79 Å². The van der Waals surface area contributed by atoms with Gasteiger partial charge in [0.15, 0.2) is 5.13 Å². The maximum atomic E-state index is 12.8. The van der Waals surface area contributed by atoms with Crippen LogP contribution >= 0.6 is 22.9 Å². The summed E-state index contributed by atoms with van der Waals surface area (Å²) in [5, 5.41) is 7.44. The molecule has 0 radical (unpaired) electrons. The van der Waals surface area contributed by atoms with Crippen molar-refractivity contribution in [2.75, 3.05) is 5.32 Å². The molecular formula is C23H28ClN3OS. The molecule has 3 aromatic rings. The van der Waals surface area contributed by atoms with Gasteiger partial charge in [0, 0.05) is 39.0 Å². The fourth-order valence-electron chi connectivity index (χ4n) is 4.11. The highest BCUT2D eigenvalue weighted by Crippen LogP contribution is 2.34. The Hall–Kier alpha value is -1.85. The van der Waals surface area contributed by atoms with Crippen LogP contribution in [0, 0.1) is 0 Å². The molecule has 0 spiro atoms. The molecule has 0 bridgehead atoms. The standard InChI is InChI=1S/C23H28ClN3OS/c1-23(2,3)20-14-29-22(25-20)26-21(28)11-15-13-27(17-7-5-4-6-8-17)19-10-9-16(24)12-18(15)19/h9-10,12-14,17H,4-8,11H2,1-3H3,(H,25,26,28). The first-order valence-electron chi connectivity index (χ1n) is 10.4. The number of hydrogen-bond acceptors (Lipinski definition) is 3. The summed E-state index contributed by atoms with van der Waals surface area (Å²) in [6.45, 7) is 6.37. The summed E-state index contributed by atoms with van der Waals surface area (Å²) in [5.74, 6) is -0.0394. The van der Waals surface area contributed by atoms with E-state index in [-0.39, 0.29) is 11.3 Å². The van der Waals surface area contributed by atoms with Crippen molar-refractivity contribution >= 4 is 44.9 Å². The number of carbonyl (C=O) groups excluding carboxylic acids is 1. The summed E-state index contributed by atoms with van der Waals surface area (Å²) in [4.78, 5) is 17.3. The molecule has 1 aliphatic carbocycles. The van der Waals surface area contributed by atoms with E-state index in [1.807, 2.05) is 17.5 Å². The van der Waals surface area contributed by atoms with Gasteiger partial charge in [-0.15, -0.1) is 11.3 Å². The number of nitrogens with zero attached hydrogens (tertiary/aromatic N) is 2. The number of rotatable bonds is 4. The second kappa shape index (κ2) is 8.11. The van der Waals surface area contributed by atoms with Gasteiger partial charge in [0.05, 0.1) is 12.1 Å². The van der Waals surface area contributed by atoms with E-state index in [0.29, 0.717) is 22.6 Å². The largest absolute Gasteiger partial charge is 0.344 e. The molecule has 6 heteroatoms. The van der Waals surface area contributed by atoms with Crippen molar-refractivity contribution in [3.63, 3.8) is 0 Å². The van der Waals surface area contributed by atoms with Crippen LogP contribution in [0.25, 0.3) is 10.9 Å². The van der Waals surface area contributed by atoms with E-state index in [1.54, 1.807) is 0 Å². The van der Waals surface area contributed by atoms with Crippen molar-refractivity contribution in [3.05, 3.63) is 46.1 Å². The minimum Gasteiger partial charge on any atom is -0.344 e. The van der Waals surface area contributed by atoms with Gasteiger partial charge in [0.25, 0.3) is 0 Å². The number of amides is 1. The Balaban J connectivity index is 1.57. The van der Waals surface area contributed by atoms with E-state index in [0.717, 1.165) is 16.6 Å². The van der Waals surface area contributed by atoms with E-state index >= 15 is 0 Å². The van der Waals surface area contributed by atoms with Gasteiger partial charge in [-0.1, -0.05) is 51.6 Å². The Bertz CT molecular complexity index is 1020. The fourth-order valence-corrected chi connectivity index (χ4v) is 5.24. The average Bonchev–Trinajstić information content (AvgIpc) is 3.27. The molecule has 29 heavy (non-hydrogen) atoms. The predicted octanol–water partition coefficient (Wildman–Crippen LogP) is 6.74. The van der Waals surface area contributed by atoms with Crippen molar-refractivity contribution in [1.82, 2.24) is 9.55 Å². The zero-order valence-electron chi connectivity index (χ0n) is 17.3. The van der Waals surface area contributed by atoms with Gasteiger partial charge in [-0.05, 0) is 36.6 Å². The molecule has 0 unspecified atom stereocenters. The number of aromatic nitrogens is 2. The first-order chi connectivity index (χ1) is 13.8. The van der Waals surface area contributed by atoms with Crippen LogP contribution in [-0.2, 0) is 16.6 Å². The molecule has 1 aliphatic rings. The number of carbonyl (C=O) groups is 1. The van der Waals surface area contributed by atoms with Crippen LogP contribution in [0.3, 0.4) is 0 Å². The zero-order chi connectivity index (χ0) is 20.6. The third kappa shape index (κ3) is 4.51. The van der Waals surface area contributed by atoms with Crippen LogP contribution < -0.4 is 5.32 Å². The molecule has 2 heterocycles. The molecule has 1 N–H and O–H groups in total. The lowest BCUT2D eigenvalue weighted by Crippen LogP contribution is -2.16. The topological polar surface area (TPSA) is 46.9 Å². The molecular weight excluding hydrogens is 402 g/mol. The van der Waals surface area contributed by atoms with Gasteiger partial charge in [-0.2, -0.15) is 0 Å². The summed E-state index contributed by atoms with van der Waals surface area (Å²) in [6, 6.07) is 6.53. The summed E-state index contributed by atoms with van der Waals surface area (Å²) in [5.41, 5.74) is 3.17. The molecule has 0 aliphatic heterocycles. The van der Waals surface area contributed by atoms with Crippen molar-refractivity contribution < 1.29 is 4.79 Å². The smallest absolute Gasteiger partial charge is 0.230 e. The van der Waals surface area contributed by atoms with Gasteiger partial charge >= 0.3 is 0 Å². The molecule has 0 atom stereocenters. The van der Waals surface area contributed by atoms with Crippen molar-refractivity contribution in [1.29, 1.82) is 0 Å². The predicted molar refractivity (Wildman–Crippen MR) is 122 cm³/mol. The Labute approximate surface area is 181 Å². The Morgan fingerprint density at radius 1 is 1.28 bits per heavy atom. The number of thiazole rings is 1. The molecule has 4 nitrogen and oxygen atoms in total. The van der Waals surface area contributed by atoms with Gasteiger partial charge < -0.3 is 9.88 Å². The van der Waals surface area contributed by atoms with Crippen LogP contribution in [0.15, 0.2) is 29.8 Å². The molecule has 2 aromatic heterocycles. The summed E-state index contributed by atoms with van der Waals surface area (Å²) < 4.78 is 2.37. The normalized spacial score (nSPS) is 15.7. The van der Waals surface area contributed by atoms with Gasteiger partial charge in [0.1, 0.15) is 0 Å². The number of nitrogens with one attached hydrogen (secondary N) is 1. The minimum atomic E-state index is -0.0394. The second-order valence-electron chi connectivity index (χ2n) is 9.03. The summed E-state index contributed by atoms with van der Waals surface area (Å²) in [6.07, 6.45) is 8.75. The van der Waals surface area contributed by atoms with E-state index < -0.39 is 0 Å². The molecule has 1 amide bonds. The first kappa shape index (κ1) is 20.4. The average molecular weight is 430 g/mol. The van der Waals surface area contributed by atoms with Crippen LogP contribution in [0.4, 0.5) is 5.13 Å². The quantitative estimate of drug-likeness (QED) is 0.499. The maximum Gasteiger partial charge on any atom is 0.230 e. The molecule has 1 fully saturated rings. The lowest BCUT2D eigenvalue weighted by molar-refractivity contribution is -0.115. The monoisotopic (exact) mass is 429 g/mol. The summed E-state index contributed by atoms with van der Waals surface area (Å²) >= 11 is 7.76. The molecule has 0 saturated heterocycles. The third-order valence-corrected chi connectivity index (χ3v) is 6.71. The summed E-state index contributed by atoms with van der Waals surface area (Å²) in [7, 11) is 0. The zero-order valence-corrected chi connectivity index (χ0v) is 18.9. The molecule has 1 aromatic carbocycles. The SMILES string of the molecule is CC(C)(C)c1csc(NC(=O)Cc2cn(C3CCCCC3)c3ccc(Cl)cc23)n1. The Morgan fingerprint density at radius 3 is 2.72 bits per heavy atom. The molecule has 154 valence electrons. The first-order valence-corrected chi connectivity index (χ1v) is 11.6. The van der Waals surface area contributed by atoms with Crippen molar-refractivity contribution in [3.8, 4) is 0 Å². The highest BCUT2D eigenvalue weighted by Gasteiger charge is 2.21. The molecule has 4 rings (SSSR count). The van der Waals surface area contributed by atoms with E-state index in [2.05, 4.69) is 47.9 Å². The van der Waals surface area contributed by atoms with E-state index in [9.17, 15) is 4.79 Å². The Kier molecular flexibility index (Phi) is 5.71. The highest BCUT2D eigenvalue weighted by atomic mass is 35.5. The number of fused-ring (bicyclic) bond motifs is 1. The van der Waals surface area contributed by atoms with Gasteiger partial charge in [-0.25, -0.2) is 4.98 Å². The number of benzene rings is 1. The second-order valence-corrected chi connectivity index (χ2v) is 10.3. The minimum absolute atomic E-state index is 0.0242. The Morgan fingerprint density at radius 2 is 2.03 bits per heavy atom. The number of anilines is 1. The van der Waals surface area contributed by atoms with Gasteiger partial charge in [0.2, 0.25) is 5.91 Å². The van der Waals surface area contributed by atoms with Crippen LogP contribution in [0.2, 0.25) is 5.02 Å². The number of hydrogen-bond donors (Lipinski definition) is 1. The van der Waals surface area contributed by atoms with Crippen LogP contribution in [-0.4, -0.2) is 15.5 Å². The third-order valence-electron chi connectivity index (χ3n) is 5.72. The molecule has 1 saturated carbocycles. The van der Waals surface area contributed by atoms with Crippen LogP contribution in [0.5, 0.6) is 0 Å². The van der Waals surface area contributed by atoms with Crippen LogP contribution in [0.1, 0.15) is 70.2 Å². The lowest BCUT2D eigenvalue weighted by Gasteiger charge is -2.24. The van der Waals surface area contributed by atoms with Crippen molar-refractivity contribution in [2.24, 2.45) is 0 Å². The maximum absolute atomic E-state index is 12.8. The van der Waals surface area contributed by atoms with Crippen molar-refractivity contribution in [2.45, 2.75) is 70.8 Å². The highest BCUT2D eigenvalue weighted by molar-refractivity contribution is 7.13.